The van der Waals surface area contributed by atoms with Gasteiger partial charge in [0.05, 0.1) is 13.2 Å². The molecule has 138 valence electrons. The van der Waals surface area contributed by atoms with E-state index in [0.29, 0.717) is 31.5 Å². The highest BCUT2D eigenvalue weighted by molar-refractivity contribution is 5.45. The summed E-state index contributed by atoms with van der Waals surface area (Å²) < 4.78 is 7.50. The van der Waals surface area contributed by atoms with E-state index in [1.165, 1.54) is 0 Å². The van der Waals surface area contributed by atoms with Crippen LogP contribution in [0.5, 0.6) is 6.01 Å². The van der Waals surface area contributed by atoms with E-state index >= 15 is 0 Å². The van der Waals surface area contributed by atoms with Crippen LogP contribution in [0.2, 0.25) is 0 Å². The third-order valence-electron chi connectivity index (χ3n) is 4.23. The van der Waals surface area contributed by atoms with Gasteiger partial charge in [-0.2, -0.15) is 9.50 Å². The van der Waals surface area contributed by atoms with E-state index < -0.39 is 0 Å². The summed E-state index contributed by atoms with van der Waals surface area (Å²) in [6.45, 7) is 5.86. The quantitative estimate of drug-likeness (QED) is 0.634. The average molecular weight is 355 g/mol. The van der Waals surface area contributed by atoms with Crippen molar-refractivity contribution >= 4 is 11.5 Å². The molecule has 7 nitrogen and oxygen atoms in total. The van der Waals surface area contributed by atoms with Gasteiger partial charge in [-0.15, -0.1) is 5.10 Å². The molecule has 3 rings (SSSR count). The normalized spacial score (nSPS) is 11.0. The molecular formula is C19H25N5O2. The zero-order valence-electron chi connectivity index (χ0n) is 15.3. The predicted molar refractivity (Wildman–Crippen MR) is 101 cm³/mol. The molecule has 1 N–H and O–H groups in total. The summed E-state index contributed by atoms with van der Waals surface area (Å²) in [7, 11) is 0. The number of ether oxygens (including phenoxy) is 1. The van der Waals surface area contributed by atoms with Crippen molar-refractivity contribution in [3.05, 3.63) is 47.8 Å². The van der Waals surface area contributed by atoms with Crippen molar-refractivity contribution in [1.29, 1.82) is 0 Å². The van der Waals surface area contributed by atoms with Crippen LogP contribution in [0, 0.1) is 0 Å². The lowest BCUT2D eigenvalue weighted by Crippen LogP contribution is -2.31. The lowest BCUT2D eigenvalue weighted by atomic mass is 10.2. The first-order valence-electron chi connectivity index (χ1n) is 9.04. The van der Waals surface area contributed by atoms with E-state index in [1.807, 2.05) is 30.3 Å². The van der Waals surface area contributed by atoms with Crippen molar-refractivity contribution in [3.8, 4) is 6.01 Å². The van der Waals surface area contributed by atoms with Crippen LogP contribution in [0.15, 0.2) is 36.4 Å². The molecule has 2 aromatic heterocycles. The Balaban J connectivity index is 1.69. The number of aryl methyl sites for hydroxylation is 2. The molecular weight excluding hydrogens is 330 g/mol. The van der Waals surface area contributed by atoms with E-state index in [1.54, 1.807) is 4.52 Å². The number of para-hydroxylation sites is 1. The highest BCUT2D eigenvalue weighted by Crippen LogP contribution is 2.14. The number of aromatic nitrogens is 4. The summed E-state index contributed by atoms with van der Waals surface area (Å²) in [6.07, 6.45) is 1.72. The zero-order chi connectivity index (χ0) is 18.4. The van der Waals surface area contributed by atoms with Gasteiger partial charge in [0.1, 0.15) is 6.61 Å². The first-order valence-corrected chi connectivity index (χ1v) is 9.04. The molecule has 0 radical (unpaired) electrons. The smallest absolute Gasteiger partial charge is 0.337 e. The summed E-state index contributed by atoms with van der Waals surface area (Å²) in [4.78, 5) is 11.0. The Morgan fingerprint density at radius 2 is 1.88 bits per heavy atom. The predicted octanol–water partition coefficient (Wildman–Crippen LogP) is 2.13. The minimum atomic E-state index is 0.0884. The van der Waals surface area contributed by atoms with Crippen molar-refractivity contribution in [2.24, 2.45) is 0 Å². The van der Waals surface area contributed by atoms with Crippen molar-refractivity contribution in [2.75, 3.05) is 31.2 Å². The highest BCUT2D eigenvalue weighted by atomic mass is 16.5. The Hall–Kier alpha value is -2.67. The summed E-state index contributed by atoms with van der Waals surface area (Å²) in [6, 6.07) is 12.4. The van der Waals surface area contributed by atoms with Crippen LogP contribution in [-0.2, 0) is 12.8 Å². The molecule has 0 aliphatic carbocycles. The van der Waals surface area contributed by atoms with Crippen LogP contribution >= 0.6 is 0 Å². The number of benzene rings is 1. The number of aliphatic hydroxyl groups is 1. The molecule has 0 unspecified atom stereocenters. The number of hydrogen-bond donors (Lipinski definition) is 1. The van der Waals surface area contributed by atoms with Gasteiger partial charge in [-0.05, 0) is 31.0 Å². The Kier molecular flexibility index (Phi) is 6.01. The summed E-state index contributed by atoms with van der Waals surface area (Å²) in [5, 5.41) is 13.7. The van der Waals surface area contributed by atoms with Gasteiger partial charge in [-0.25, -0.2) is 4.98 Å². The second-order valence-corrected chi connectivity index (χ2v) is 5.95. The first kappa shape index (κ1) is 18.1. The molecule has 0 saturated heterocycles. The maximum Gasteiger partial charge on any atom is 0.337 e. The van der Waals surface area contributed by atoms with Crippen molar-refractivity contribution in [2.45, 2.75) is 26.7 Å². The van der Waals surface area contributed by atoms with E-state index in [0.717, 1.165) is 29.9 Å². The molecule has 3 aromatic rings. The van der Waals surface area contributed by atoms with Crippen LogP contribution < -0.4 is 9.64 Å². The Labute approximate surface area is 153 Å². The standard InChI is InChI=1S/C19H25N5O2/c1-3-15-14-16(4-2)24-18(20-15)21-19(22-24)26-13-11-23(10-12-25)17-8-6-5-7-9-17/h5-9,14,25H,3-4,10-13H2,1-2H3. The first-order chi connectivity index (χ1) is 12.7. The number of rotatable bonds is 9. The van der Waals surface area contributed by atoms with Gasteiger partial charge in [0.15, 0.2) is 0 Å². The van der Waals surface area contributed by atoms with E-state index in [9.17, 15) is 5.11 Å². The number of anilines is 1. The molecule has 0 amide bonds. The van der Waals surface area contributed by atoms with Crippen molar-refractivity contribution in [3.63, 3.8) is 0 Å². The maximum absolute atomic E-state index is 9.30. The molecule has 1 aromatic carbocycles. The highest BCUT2D eigenvalue weighted by Gasteiger charge is 2.12. The lowest BCUT2D eigenvalue weighted by molar-refractivity contribution is 0.281. The SMILES string of the molecule is CCc1cc(CC)n2nc(OCCN(CCO)c3ccccc3)nc2n1. The van der Waals surface area contributed by atoms with Crippen LogP contribution in [0.25, 0.3) is 5.78 Å². The molecule has 26 heavy (non-hydrogen) atoms. The number of nitrogens with zero attached hydrogens (tertiary/aromatic N) is 5. The van der Waals surface area contributed by atoms with Gasteiger partial charge >= 0.3 is 6.01 Å². The fourth-order valence-electron chi connectivity index (χ4n) is 2.84. The summed E-state index contributed by atoms with van der Waals surface area (Å²) in [5.74, 6) is 0.575. The van der Waals surface area contributed by atoms with Gasteiger partial charge in [-0.3, -0.25) is 0 Å². The molecule has 7 heteroatoms. The van der Waals surface area contributed by atoms with Crippen LogP contribution in [0.4, 0.5) is 5.69 Å². The largest absolute Gasteiger partial charge is 0.460 e. The second kappa shape index (κ2) is 8.62. The fraction of sp³-hybridized carbons (Fsp3) is 0.421. The molecule has 0 aliphatic rings. The van der Waals surface area contributed by atoms with E-state index in [4.69, 9.17) is 4.74 Å². The fourth-order valence-corrected chi connectivity index (χ4v) is 2.84. The van der Waals surface area contributed by atoms with Gasteiger partial charge in [-0.1, -0.05) is 32.0 Å². The number of aliphatic hydroxyl groups excluding tert-OH is 1. The van der Waals surface area contributed by atoms with Crippen LogP contribution in [-0.4, -0.2) is 51.0 Å². The van der Waals surface area contributed by atoms with Gasteiger partial charge in [0.25, 0.3) is 5.78 Å². The Bertz CT molecular complexity index is 835. The van der Waals surface area contributed by atoms with E-state index in [2.05, 4.69) is 39.9 Å². The molecule has 2 heterocycles. The lowest BCUT2D eigenvalue weighted by Gasteiger charge is -2.23. The summed E-state index contributed by atoms with van der Waals surface area (Å²) in [5.41, 5.74) is 3.13. The number of hydrogen-bond acceptors (Lipinski definition) is 6. The third-order valence-corrected chi connectivity index (χ3v) is 4.23. The minimum Gasteiger partial charge on any atom is -0.460 e. The average Bonchev–Trinajstić information content (AvgIpc) is 3.10. The van der Waals surface area contributed by atoms with Crippen molar-refractivity contribution in [1.82, 2.24) is 19.6 Å². The monoisotopic (exact) mass is 355 g/mol. The Morgan fingerprint density at radius 3 is 2.58 bits per heavy atom. The van der Waals surface area contributed by atoms with Gasteiger partial charge in [0, 0.05) is 23.6 Å². The molecule has 0 atom stereocenters. The zero-order valence-corrected chi connectivity index (χ0v) is 15.3. The molecule has 0 fully saturated rings. The minimum absolute atomic E-state index is 0.0884. The van der Waals surface area contributed by atoms with Gasteiger partial charge < -0.3 is 14.7 Å². The summed E-state index contributed by atoms with van der Waals surface area (Å²) >= 11 is 0. The molecule has 0 spiro atoms. The van der Waals surface area contributed by atoms with Crippen molar-refractivity contribution < 1.29 is 9.84 Å². The Morgan fingerprint density at radius 1 is 1.08 bits per heavy atom. The van der Waals surface area contributed by atoms with E-state index in [-0.39, 0.29) is 6.61 Å². The second-order valence-electron chi connectivity index (χ2n) is 5.95. The van der Waals surface area contributed by atoms with Crippen LogP contribution in [0.1, 0.15) is 25.2 Å². The topological polar surface area (TPSA) is 75.8 Å². The molecule has 0 saturated carbocycles. The van der Waals surface area contributed by atoms with Crippen LogP contribution in [0.3, 0.4) is 0 Å². The third kappa shape index (κ3) is 4.11. The number of fused-ring (bicyclic) bond motifs is 1. The molecule has 0 aliphatic heterocycles. The molecule has 0 bridgehead atoms. The maximum atomic E-state index is 9.30. The van der Waals surface area contributed by atoms with Gasteiger partial charge in [0.2, 0.25) is 0 Å².